The number of nitrogens with zero attached hydrogens (tertiary/aromatic N) is 5. The summed E-state index contributed by atoms with van der Waals surface area (Å²) >= 11 is 0. The molecule has 2 aromatic heterocycles. The monoisotopic (exact) mass is 363 g/mol. The number of carboxylic acid groups (broad SMARTS) is 1. The van der Waals surface area contributed by atoms with Gasteiger partial charge in [-0.25, -0.2) is 14.8 Å². The van der Waals surface area contributed by atoms with Gasteiger partial charge >= 0.3 is 5.97 Å². The molecule has 1 fully saturated rings. The highest BCUT2D eigenvalue weighted by Crippen LogP contribution is 2.27. The summed E-state index contributed by atoms with van der Waals surface area (Å²) in [7, 11) is 0. The highest BCUT2D eigenvalue weighted by molar-refractivity contribution is 5.89. The number of carbonyl (C=O) groups is 1. The van der Waals surface area contributed by atoms with E-state index >= 15 is 0 Å². The lowest BCUT2D eigenvalue weighted by molar-refractivity contribution is 0.0694. The number of benzene rings is 1. The lowest BCUT2D eigenvalue weighted by Crippen LogP contribution is -2.34. The lowest BCUT2D eigenvalue weighted by atomic mass is 9.94. The maximum Gasteiger partial charge on any atom is 0.336 e. The molecule has 1 unspecified atom stereocenters. The highest BCUT2D eigenvalue weighted by atomic mass is 16.4. The predicted molar refractivity (Wildman–Crippen MR) is 99.8 cm³/mol. The maximum atomic E-state index is 11.5. The molecule has 0 bridgehead atoms. The highest BCUT2D eigenvalue weighted by Gasteiger charge is 2.24. The molecule has 1 atom stereocenters. The topological polar surface area (TPSA) is 84.1 Å². The molecule has 3 aromatic rings. The smallest absolute Gasteiger partial charge is 0.336 e. The van der Waals surface area contributed by atoms with Gasteiger partial charge in [0.15, 0.2) is 5.82 Å². The number of hydrogen-bond acceptors (Lipinski definition) is 5. The van der Waals surface area contributed by atoms with E-state index in [0.717, 1.165) is 43.0 Å². The first-order valence-electron chi connectivity index (χ1n) is 9.04. The van der Waals surface area contributed by atoms with Crippen LogP contribution in [0.4, 0.5) is 0 Å². The van der Waals surface area contributed by atoms with Gasteiger partial charge in [-0.1, -0.05) is 18.2 Å². The summed E-state index contributed by atoms with van der Waals surface area (Å²) in [5.74, 6) is 0.170. The molecule has 0 saturated carbocycles. The molecule has 3 heterocycles. The first-order valence-corrected chi connectivity index (χ1v) is 9.04. The van der Waals surface area contributed by atoms with Crippen LogP contribution in [0.5, 0.6) is 0 Å². The summed E-state index contributed by atoms with van der Waals surface area (Å²) in [4.78, 5) is 26.9. The number of carboxylic acids is 1. The number of imidazole rings is 1. The fourth-order valence-electron chi connectivity index (χ4n) is 3.63. The van der Waals surface area contributed by atoms with E-state index in [9.17, 15) is 9.90 Å². The van der Waals surface area contributed by atoms with Gasteiger partial charge in [0.1, 0.15) is 6.33 Å². The molecule has 0 aliphatic carbocycles. The zero-order valence-corrected chi connectivity index (χ0v) is 14.9. The second kappa shape index (κ2) is 7.67. The minimum Gasteiger partial charge on any atom is -0.478 e. The summed E-state index contributed by atoms with van der Waals surface area (Å²) in [6, 6.07) is 7.22. The van der Waals surface area contributed by atoms with Crippen LogP contribution < -0.4 is 0 Å². The molecule has 0 radical (unpaired) electrons. The molecule has 1 aromatic carbocycles. The van der Waals surface area contributed by atoms with Gasteiger partial charge in [-0.3, -0.25) is 14.5 Å². The van der Waals surface area contributed by atoms with Crippen molar-refractivity contribution in [3.05, 3.63) is 72.2 Å². The number of aromatic nitrogens is 4. The summed E-state index contributed by atoms with van der Waals surface area (Å²) in [5.41, 5.74) is 2.20. The Balaban J connectivity index is 1.51. The van der Waals surface area contributed by atoms with E-state index in [1.54, 1.807) is 30.9 Å². The number of piperidine rings is 1. The van der Waals surface area contributed by atoms with E-state index in [1.165, 1.54) is 0 Å². The minimum atomic E-state index is -0.877. The zero-order chi connectivity index (χ0) is 18.6. The average molecular weight is 363 g/mol. The van der Waals surface area contributed by atoms with Crippen molar-refractivity contribution in [3.8, 4) is 5.82 Å². The second-order valence-corrected chi connectivity index (χ2v) is 6.81. The molecule has 1 saturated heterocycles. The summed E-state index contributed by atoms with van der Waals surface area (Å²) in [6.07, 6.45) is 11.0. The molecule has 0 amide bonds. The van der Waals surface area contributed by atoms with Crippen LogP contribution in [0.1, 0.15) is 40.4 Å². The SMILES string of the molecule is O=C(O)c1ccccc1CN1CCCC(c2cncc(-n3ccnc3)n2)C1. The minimum absolute atomic E-state index is 0.284. The molecule has 7 heteroatoms. The third kappa shape index (κ3) is 3.88. The Morgan fingerprint density at radius 3 is 2.93 bits per heavy atom. The third-order valence-electron chi connectivity index (χ3n) is 4.97. The van der Waals surface area contributed by atoms with E-state index in [4.69, 9.17) is 4.98 Å². The number of hydrogen-bond donors (Lipinski definition) is 1. The molecular weight excluding hydrogens is 342 g/mol. The standard InChI is InChI=1S/C20H21N5O2/c26-20(27)17-6-2-1-4-15(17)12-24-8-3-5-16(13-24)18-10-22-11-19(23-18)25-9-7-21-14-25/h1-2,4,6-7,9-11,14,16H,3,5,8,12-13H2,(H,26,27). The molecule has 1 aliphatic rings. The van der Waals surface area contributed by atoms with Crippen LogP contribution in [0.3, 0.4) is 0 Å². The Morgan fingerprint density at radius 2 is 2.11 bits per heavy atom. The van der Waals surface area contributed by atoms with Crippen molar-refractivity contribution in [2.24, 2.45) is 0 Å². The summed E-state index contributed by atoms with van der Waals surface area (Å²) < 4.78 is 1.85. The Hall–Kier alpha value is -3.06. The van der Waals surface area contributed by atoms with Crippen LogP contribution in [0, 0.1) is 0 Å². The molecule has 1 N–H and O–H groups in total. The zero-order valence-electron chi connectivity index (χ0n) is 14.9. The van der Waals surface area contributed by atoms with Crippen LogP contribution >= 0.6 is 0 Å². The number of likely N-dealkylation sites (tertiary alicyclic amines) is 1. The van der Waals surface area contributed by atoms with Crippen LogP contribution in [0.2, 0.25) is 0 Å². The van der Waals surface area contributed by atoms with Crippen molar-refractivity contribution in [2.75, 3.05) is 13.1 Å². The lowest BCUT2D eigenvalue weighted by Gasteiger charge is -2.32. The van der Waals surface area contributed by atoms with Crippen molar-refractivity contribution in [1.82, 2.24) is 24.4 Å². The maximum absolute atomic E-state index is 11.5. The van der Waals surface area contributed by atoms with Gasteiger partial charge in [-0.2, -0.15) is 0 Å². The number of aromatic carboxylic acids is 1. The molecule has 27 heavy (non-hydrogen) atoms. The van der Waals surface area contributed by atoms with Gasteiger partial charge < -0.3 is 5.11 Å². The van der Waals surface area contributed by atoms with Crippen molar-refractivity contribution in [1.29, 1.82) is 0 Å². The normalized spacial score (nSPS) is 17.7. The second-order valence-electron chi connectivity index (χ2n) is 6.81. The van der Waals surface area contributed by atoms with E-state index < -0.39 is 5.97 Å². The Kier molecular flexibility index (Phi) is 4.93. The average Bonchev–Trinajstić information content (AvgIpc) is 3.23. The fourth-order valence-corrected chi connectivity index (χ4v) is 3.63. The Bertz CT molecular complexity index is 926. The van der Waals surface area contributed by atoms with Crippen molar-refractivity contribution in [3.63, 3.8) is 0 Å². The molecule has 7 nitrogen and oxygen atoms in total. The van der Waals surface area contributed by atoms with E-state index in [0.29, 0.717) is 12.1 Å². The van der Waals surface area contributed by atoms with Gasteiger partial charge in [0, 0.05) is 37.6 Å². The van der Waals surface area contributed by atoms with E-state index in [-0.39, 0.29) is 5.92 Å². The Morgan fingerprint density at radius 1 is 1.22 bits per heavy atom. The largest absolute Gasteiger partial charge is 0.478 e. The van der Waals surface area contributed by atoms with Crippen LogP contribution in [0.15, 0.2) is 55.4 Å². The van der Waals surface area contributed by atoms with Crippen LogP contribution in [0.25, 0.3) is 5.82 Å². The van der Waals surface area contributed by atoms with Crippen molar-refractivity contribution >= 4 is 5.97 Å². The molecule has 0 spiro atoms. The molecule has 138 valence electrons. The summed E-state index contributed by atoms with van der Waals surface area (Å²) in [6.45, 7) is 2.43. The van der Waals surface area contributed by atoms with Gasteiger partial charge in [0.25, 0.3) is 0 Å². The predicted octanol–water partition coefficient (Wildman–Crippen LogP) is 2.74. The van der Waals surface area contributed by atoms with Crippen LogP contribution in [-0.2, 0) is 6.54 Å². The third-order valence-corrected chi connectivity index (χ3v) is 4.97. The molecular formula is C20H21N5O2. The van der Waals surface area contributed by atoms with Crippen molar-refractivity contribution in [2.45, 2.75) is 25.3 Å². The van der Waals surface area contributed by atoms with Crippen LogP contribution in [-0.4, -0.2) is 48.6 Å². The van der Waals surface area contributed by atoms with Gasteiger partial charge in [0.05, 0.1) is 17.5 Å². The van der Waals surface area contributed by atoms with E-state index in [1.807, 2.05) is 29.1 Å². The summed E-state index contributed by atoms with van der Waals surface area (Å²) in [5, 5.41) is 9.40. The van der Waals surface area contributed by atoms with Crippen molar-refractivity contribution < 1.29 is 9.90 Å². The quantitative estimate of drug-likeness (QED) is 0.750. The first kappa shape index (κ1) is 17.4. The molecule has 1 aliphatic heterocycles. The molecule has 4 rings (SSSR count). The number of rotatable bonds is 5. The Labute approximate surface area is 157 Å². The van der Waals surface area contributed by atoms with E-state index in [2.05, 4.69) is 14.9 Å². The van der Waals surface area contributed by atoms with Gasteiger partial charge in [0.2, 0.25) is 0 Å². The van der Waals surface area contributed by atoms with Gasteiger partial charge in [-0.15, -0.1) is 0 Å². The first-order chi connectivity index (χ1) is 13.2. The fraction of sp³-hybridized carbons (Fsp3) is 0.300. The van der Waals surface area contributed by atoms with Gasteiger partial charge in [-0.05, 0) is 31.0 Å².